The van der Waals surface area contributed by atoms with Crippen LogP contribution in [0.1, 0.15) is 34.0 Å². The van der Waals surface area contributed by atoms with E-state index in [-0.39, 0.29) is 12.1 Å². The quantitative estimate of drug-likeness (QED) is 0.412. The number of nitrogens with zero attached hydrogens (tertiary/aromatic N) is 2. The number of aromatic nitrogens is 1. The number of anilines is 1. The summed E-state index contributed by atoms with van der Waals surface area (Å²) in [5.74, 6) is 0.638. The third-order valence-electron chi connectivity index (χ3n) is 6.21. The standard InChI is InChI=1S/C28H27N3O2/c1-19-10-13-21(14-11-19)27-25-9-6-16-30(25)24-8-5-4-7-22(24)18-31(27)28(32)29-23-17-20(2)12-15-26(23)33-3/h4-17,27H,18H2,1-3H3,(H,29,32)/t27-/m1/s1. The maximum absolute atomic E-state index is 13.8. The van der Waals surface area contributed by atoms with Gasteiger partial charge in [0.2, 0.25) is 0 Å². The number of hydrogen-bond acceptors (Lipinski definition) is 2. The van der Waals surface area contributed by atoms with Gasteiger partial charge in [-0.05, 0) is 60.9 Å². The van der Waals surface area contributed by atoms with Crippen molar-refractivity contribution in [2.45, 2.75) is 26.4 Å². The minimum absolute atomic E-state index is 0.172. The van der Waals surface area contributed by atoms with Crippen LogP contribution in [0, 0.1) is 13.8 Å². The van der Waals surface area contributed by atoms with Crippen molar-refractivity contribution in [3.8, 4) is 11.4 Å². The van der Waals surface area contributed by atoms with Gasteiger partial charge in [0, 0.05) is 11.9 Å². The molecule has 5 rings (SSSR count). The maximum Gasteiger partial charge on any atom is 0.323 e. The average molecular weight is 438 g/mol. The Morgan fingerprint density at radius 1 is 0.939 bits per heavy atom. The molecule has 0 saturated carbocycles. The topological polar surface area (TPSA) is 46.5 Å². The minimum Gasteiger partial charge on any atom is -0.495 e. The van der Waals surface area contributed by atoms with Gasteiger partial charge in [0.15, 0.2) is 0 Å². The summed E-state index contributed by atoms with van der Waals surface area (Å²) < 4.78 is 7.70. The first-order chi connectivity index (χ1) is 16.0. The van der Waals surface area contributed by atoms with Crippen molar-refractivity contribution >= 4 is 11.7 Å². The van der Waals surface area contributed by atoms with E-state index in [1.54, 1.807) is 7.11 Å². The van der Waals surface area contributed by atoms with E-state index in [9.17, 15) is 4.79 Å². The van der Waals surface area contributed by atoms with Crippen LogP contribution in [0.25, 0.3) is 5.69 Å². The number of carbonyl (C=O) groups is 1. The summed E-state index contributed by atoms with van der Waals surface area (Å²) in [6, 6.07) is 26.2. The fourth-order valence-corrected chi connectivity index (χ4v) is 4.55. The number of hydrogen-bond donors (Lipinski definition) is 1. The lowest BCUT2D eigenvalue weighted by molar-refractivity contribution is 0.194. The van der Waals surface area contributed by atoms with Crippen LogP contribution in [0.15, 0.2) is 85.1 Å². The van der Waals surface area contributed by atoms with Gasteiger partial charge in [0.05, 0.1) is 31.1 Å². The second kappa shape index (κ2) is 8.51. The molecule has 0 aliphatic carbocycles. The summed E-state index contributed by atoms with van der Waals surface area (Å²) in [5, 5.41) is 3.12. The lowest BCUT2D eigenvalue weighted by atomic mass is 10.0. The Bertz CT molecular complexity index is 1310. The molecule has 0 saturated heterocycles. The third kappa shape index (κ3) is 3.87. The molecular formula is C28H27N3O2. The molecule has 2 amide bonds. The Kier molecular flexibility index (Phi) is 5.38. The van der Waals surface area contributed by atoms with Crippen LogP contribution in [-0.2, 0) is 6.54 Å². The molecule has 3 aromatic carbocycles. The van der Waals surface area contributed by atoms with Crippen molar-refractivity contribution in [1.29, 1.82) is 0 Å². The summed E-state index contributed by atoms with van der Waals surface area (Å²) in [6.07, 6.45) is 2.07. The molecule has 33 heavy (non-hydrogen) atoms. The molecule has 1 aromatic heterocycles. The van der Waals surface area contributed by atoms with Crippen LogP contribution in [0.5, 0.6) is 5.75 Å². The molecule has 166 valence electrons. The van der Waals surface area contributed by atoms with Gasteiger partial charge in [0.25, 0.3) is 0 Å². The van der Waals surface area contributed by atoms with Crippen LogP contribution < -0.4 is 10.1 Å². The predicted molar refractivity (Wildman–Crippen MR) is 131 cm³/mol. The van der Waals surface area contributed by atoms with Crippen LogP contribution in [-0.4, -0.2) is 22.6 Å². The zero-order valence-corrected chi connectivity index (χ0v) is 19.1. The van der Waals surface area contributed by atoms with Gasteiger partial charge in [0.1, 0.15) is 5.75 Å². The Hall–Kier alpha value is -3.99. The summed E-state index contributed by atoms with van der Waals surface area (Å²) in [5.41, 5.74) is 7.21. The molecule has 1 atom stereocenters. The number of amides is 2. The number of ether oxygens (including phenoxy) is 1. The van der Waals surface area contributed by atoms with Crippen molar-refractivity contribution < 1.29 is 9.53 Å². The average Bonchev–Trinajstić information content (AvgIpc) is 3.24. The van der Waals surface area contributed by atoms with Gasteiger partial charge in [-0.1, -0.05) is 54.1 Å². The van der Waals surface area contributed by atoms with Gasteiger partial charge in [-0.25, -0.2) is 4.79 Å². The Morgan fingerprint density at radius 3 is 2.48 bits per heavy atom. The Balaban J connectivity index is 1.63. The van der Waals surface area contributed by atoms with Gasteiger partial charge < -0.3 is 19.5 Å². The normalized spacial score (nSPS) is 14.8. The smallest absolute Gasteiger partial charge is 0.323 e. The monoisotopic (exact) mass is 437 g/mol. The molecule has 5 nitrogen and oxygen atoms in total. The number of methoxy groups -OCH3 is 1. The number of nitrogens with one attached hydrogen (secondary N) is 1. The summed E-state index contributed by atoms with van der Waals surface area (Å²) in [4.78, 5) is 15.7. The Labute approximate surface area is 194 Å². The lowest BCUT2D eigenvalue weighted by Crippen LogP contribution is -2.38. The molecule has 5 heteroatoms. The van der Waals surface area contributed by atoms with E-state index in [4.69, 9.17) is 4.74 Å². The molecule has 1 aliphatic heterocycles. The van der Waals surface area contributed by atoms with E-state index in [2.05, 4.69) is 65.5 Å². The highest BCUT2D eigenvalue weighted by Gasteiger charge is 2.33. The SMILES string of the molecule is COc1ccc(C)cc1NC(=O)N1Cc2ccccc2-n2cccc2[C@H]1c1ccc(C)cc1. The fraction of sp³-hybridized carbons (Fsp3) is 0.179. The van der Waals surface area contributed by atoms with Crippen molar-refractivity contribution in [3.63, 3.8) is 0 Å². The number of urea groups is 1. The number of para-hydroxylation sites is 1. The first-order valence-corrected chi connectivity index (χ1v) is 11.1. The molecule has 0 bridgehead atoms. The number of rotatable bonds is 3. The van der Waals surface area contributed by atoms with Crippen LogP contribution >= 0.6 is 0 Å². The van der Waals surface area contributed by atoms with Crippen molar-refractivity contribution in [2.75, 3.05) is 12.4 Å². The van der Waals surface area contributed by atoms with Gasteiger partial charge in [-0.15, -0.1) is 0 Å². The Morgan fingerprint density at radius 2 is 1.70 bits per heavy atom. The third-order valence-corrected chi connectivity index (χ3v) is 6.21. The number of fused-ring (bicyclic) bond motifs is 3. The minimum atomic E-state index is -0.246. The highest BCUT2D eigenvalue weighted by atomic mass is 16.5. The predicted octanol–water partition coefficient (Wildman–Crippen LogP) is 6.24. The van der Waals surface area contributed by atoms with Crippen LogP contribution in [0.2, 0.25) is 0 Å². The van der Waals surface area contributed by atoms with E-state index in [1.807, 2.05) is 48.2 Å². The van der Waals surface area contributed by atoms with E-state index < -0.39 is 0 Å². The highest BCUT2D eigenvalue weighted by Crippen LogP contribution is 2.37. The number of carbonyl (C=O) groups excluding carboxylic acids is 1. The van der Waals surface area contributed by atoms with Crippen molar-refractivity contribution in [1.82, 2.24) is 9.47 Å². The summed E-state index contributed by atoms with van der Waals surface area (Å²) in [7, 11) is 1.62. The van der Waals surface area contributed by atoms with Crippen molar-refractivity contribution in [2.24, 2.45) is 0 Å². The van der Waals surface area contributed by atoms with E-state index in [0.717, 1.165) is 28.1 Å². The zero-order valence-electron chi connectivity index (χ0n) is 19.1. The van der Waals surface area contributed by atoms with Crippen LogP contribution in [0.3, 0.4) is 0 Å². The molecule has 4 aromatic rings. The molecule has 2 heterocycles. The number of benzene rings is 3. The molecule has 0 unspecified atom stereocenters. The van der Waals surface area contributed by atoms with Crippen molar-refractivity contribution in [3.05, 3.63) is 113 Å². The maximum atomic E-state index is 13.8. The zero-order chi connectivity index (χ0) is 22.9. The molecule has 0 fully saturated rings. The number of aryl methyl sites for hydroxylation is 2. The summed E-state index contributed by atoms with van der Waals surface area (Å²) >= 11 is 0. The molecular weight excluding hydrogens is 410 g/mol. The van der Waals surface area contributed by atoms with Gasteiger partial charge in [-0.3, -0.25) is 0 Å². The van der Waals surface area contributed by atoms with E-state index >= 15 is 0 Å². The van der Waals surface area contributed by atoms with E-state index in [1.165, 1.54) is 5.56 Å². The van der Waals surface area contributed by atoms with Gasteiger partial charge >= 0.3 is 6.03 Å². The second-order valence-corrected chi connectivity index (χ2v) is 8.51. The summed E-state index contributed by atoms with van der Waals surface area (Å²) in [6.45, 7) is 4.56. The van der Waals surface area contributed by atoms with Gasteiger partial charge in [-0.2, -0.15) is 0 Å². The molecule has 0 spiro atoms. The first-order valence-electron chi connectivity index (χ1n) is 11.1. The van der Waals surface area contributed by atoms with E-state index in [0.29, 0.717) is 18.0 Å². The highest BCUT2D eigenvalue weighted by molar-refractivity contribution is 5.92. The molecule has 1 aliphatic rings. The lowest BCUT2D eigenvalue weighted by Gasteiger charge is -2.31. The molecule has 1 N–H and O–H groups in total. The van der Waals surface area contributed by atoms with Crippen LogP contribution in [0.4, 0.5) is 10.5 Å². The first kappa shape index (κ1) is 20.9. The molecule has 0 radical (unpaired) electrons. The largest absolute Gasteiger partial charge is 0.495 e. The second-order valence-electron chi connectivity index (χ2n) is 8.51. The fourth-order valence-electron chi connectivity index (χ4n) is 4.55.